The molecule has 0 radical (unpaired) electrons. The van der Waals surface area contributed by atoms with Gasteiger partial charge in [-0.1, -0.05) is 11.6 Å². The van der Waals surface area contributed by atoms with Crippen LogP contribution in [0.1, 0.15) is 5.69 Å². The van der Waals surface area contributed by atoms with Crippen LogP contribution in [0, 0.1) is 6.92 Å². The van der Waals surface area contributed by atoms with Crippen LogP contribution in [0.2, 0.25) is 5.02 Å². The first kappa shape index (κ1) is 10.4. The van der Waals surface area contributed by atoms with E-state index in [1.807, 2.05) is 19.1 Å². The second-order valence-corrected chi connectivity index (χ2v) is 4.18. The molecule has 0 saturated heterocycles. The highest BCUT2D eigenvalue weighted by atomic mass is 35.5. The van der Waals surface area contributed by atoms with E-state index in [0.29, 0.717) is 10.8 Å². The number of aryl methyl sites for hydroxylation is 1. The zero-order valence-corrected chi connectivity index (χ0v) is 9.76. The molecule has 0 fully saturated rings. The Morgan fingerprint density at radius 2 is 2.13 bits per heavy atom. The molecule has 1 aromatic heterocycles. The van der Waals surface area contributed by atoms with Gasteiger partial charge in [0.05, 0.1) is 16.4 Å². The van der Waals surface area contributed by atoms with E-state index in [4.69, 9.17) is 17.3 Å². The molecule has 0 aliphatic rings. The van der Waals surface area contributed by atoms with E-state index in [9.17, 15) is 0 Å². The fourth-order valence-electron chi connectivity index (χ4n) is 1.38. The minimum Gasteiger partial charge on any atom is -0.384 e. The summed E-state index contributed by atoms with van der Waals surface area (Å²) in [5.41, 5.74) is 7.41. The highest BCUT2D eigenvalue weighted by Crippen LogP contribution is 2.25. The third-order valence-corrected chi connectivity index (χ3v) is 2.61. The highest BCUT2D eigenvalue weighted by molar-refractivity contribution is 7.80. The van der Waals surface area contributed by atoms with Gasteiger partial charge in [-0.05, 0) is 25.1 Å². The second-order valence-electron chi connectivity index (χ2n) is 3.26. The van der Waals surface area contributed by atoms with Crippen molar-refractivity contribution in [3.05, 3.63) is 35.0 Å². The standard InChI is InChI=1S/C10H10ClN3S/c1-6-4-10(12)14(13-6)9-5-7(15)2-3-8(9)11/h2-5,15H,12H2,1H3. The topological polar surface area (TPSA) is 43.8 Å². The van der Waals surface area contributed by atoms with Gasteiger partial charge >= 0.3 is 0 Å². The number of rotatable bonds is 1. The van der Waals surface area contributed by atoms with Gasteiger partial charge in [-0.15, -0.1) is 12.6 Å². The Bertz CT molecular complexity index is 507. The Morgan fingerprint density at radius 3 is 2.73 bits per heavy atom. The summed E-state index contributed by atoms with van der Waals surface area (Å²) in [6, 6.07) is 7.22. The Morgan fingerprint density at radius 1 is 1.40 bits per heavy atom. The molecule has 2 aromatic rings. The number of thiol groups is 1. The van der Waals surface area contributed by atoms with E-state index in [0.717, 1.165) is 16.3 Å². The lowest BCUT2D eigenvalue weighted by atomic mass is 10.3. The van der Waals surface area contributed by atoms with E-state index < -0.39 is 0 Å². The molecule has 2 N–H and O–H groups in total. The molecule has 0 atom stereocenters. The maximum absolute atomic E-state index is 6.06. The van der Waals surface area contributed by atoms with Crippen LogP contribution in [0.3, 0.4) is 0 Å². The number of hydrogen-bond donors (Lipinski definition) is 2. The van der Waals surface area contributed by atoms with Crippen molar-refractivity contribution in [3.63, 3.8) is 0 Å². The lowest BCUT2D eigenvalue weighted by Crippen LogP contribution is -2.02. The summed E-state index contributed by atoms with van der Waals surface area (Å²) in [6.45, 7) is 1.88. The number of hydrogen-bond acceptors (Lipinski definition) is 3. The molecule has 1 heterocycles. The van der Waals surface area contributed by atoms with Crippen molar-refractivity contribution in [2.24, 2.45) is 0 Å². The summed E-state index contributed by atoms with van der Waals surface area (Å²) in [5, 5.41) is 4.86. The van der Waals surface area contributed by atoms with Crippen molar-refractivity contribution in [3.8, 4) is 5.69 Å². The highest BCUT2D eigenvalue weighted by Gasteiger charge is 2.08. The molecule has 0 bridgehead atoms. The first-order chi connectivity index (χ1) is 7.08. The van der Waals surface area contributed by atoms with E-state index >= 15 is 0 Å². The van der Waals surface area contributed by atoms with Crippen LogP contribution in [-0.4, -0.2) is 9.78 Å². The summed E-state index contributed by atoms with van der Waals surface area (Å²) in [5.74, 6) is 0.563. The Labute approximate surface area is 98.3 Å². The molecule has 0 saturated carbocycles. The predicted molar refractivity (Wildman–Crippen MR) is 65.0 cm³/mol. The summed E-state index contributed by atoms with van der Waals surface area (Å²) < 4.78 is 1.61. The van der Waals surface area contributed by atoms with E-state index in [1.165, 1.54) is 0 Å². The normalized spacial score (nSPS) is 10.6. The zero-order valence-electron chi connectivity index (χ0n) is 8.11. The van der Waals surface area contributed by atoms with Crippen LogP contribution < -0.4 is 5.73 Å². The Balaban J connectivity index is 2.62. The fraction of sp³-hybridized carbons (Fsp3) is 0.100. The van der Waals surface area contributed by atoms with Gasteiger partial charge in [0.25, 0.3) is 0 Å². The third-order valence-electron chi connectivity index (χ3n) is 2.02. The van der Waals surface area contributed by atoms with Crippen molar-refractivity contribution < 1.29 is 0 Å². The maximum Gasteiger partial charge on any atom is 0.127 e. The van der Waals surface area contributed by atoms with Crippen LogP contribution in [0.25, 0.3) is 5.69 Å². The van der Waals surface area contributed by atoms with Crippen molar-refractivity contribution in [1.82, 2.24) is 9.78 Å². The minimum absolute atomic E-state index is 0.563. The fourth-order valence-corrected chi connectivity index (χ4v) is 1.77. The van der Waals surface area contributed by atoms with Crippen molar-refractivity contribution >= 4 is 30.0 Å². The van der Waals surface area contributed by atoms with Gasteiger partial charge < -0.3 is 5.73 Å². The summed E-state index contributed by atoms with van der Waals surface area (Å²) in [7, 11) is 0. The van der Waals surface area contributed by atoms with Crippen LogP contribution in [0.15, 0.2) is 29.2 Å². The van der Waals surface area contributed by atoms with Crippen LogP contribution >= 0.6 is 24.2 Å². The van der Waals surface area contributed by atoms with Gasteiger partial charge in [0.1, 0.15) is 5.82 Å². The van der Waals surface area contributed by atoms with Crippen LogP contribution in [0.4, 0.5) is 5.82 Å². The molecule has 5 heteroatoms. The van der Waals surface area contributed by atoms with Gasteiger partial charge in [-0.3, -0.25) is 0 Å². The number of anilines is 1. The molecule has 78 valence electrons. The molecule has 15 heavy (non-hydrogen) atoms. The average molecular weight is 240 g/mol. The number of nitrogens with zero attached hydrogens (tertiary/aromatic N) is 2. The summed E-state index contributed by atoms with van der Waals surface area (Å²) >= 11 is 10.3. The quantitative estimate of drug-likeness (QED) is 0.752. The van der Waals surface area contributed by atoms with Crippen LogP contribution in [0.5, 0.6) is 0 Å². The first-order valence-corrected chi connectivity index (χ1v) is 5.21. The van der Waals surface area contributed by atoms with Gasteiger partial charge in [0.2, 0.25) is 0 Å². The zero-order chi connectivity index (χ0) is 11.0. The summed E-state index contributed by atoms with van der Waals surface area (Å²) in [4.78, 5) is 0.821. The number of benzene rings is 1. The Kier molecular flexibility index (Phi) is 2.63. The van der Waals surface area contributed by atoms with Crippen molar-refractivity contribution in [2.45, 2.75) is 11.8 Å². The van der Waals surface area contributed by atoms with E-state index in [2.05, 4.69) is 17.7 Å². The largest absolute Gasteiger partial charge is 0.384 e. The second kappa shape index (κ2) is 3.79. The molecule has 0 amide bonds. The van der Waals surface area contributed by atoms with Crippen LogP contribution in [-0.2, 0) is 0 Å². The molecule has 3 nitrogen and oxygen atoms in total. The van der Waals surface area contributed by atoms with E-state index in [-0.39, 0.29) is 0 Å². The number of halogens is 1. The van der Waals surface area contributed by atoms with Gasteiger partial charge in [-0.2, -0.15) is 5.10 Å². The lowest BCUT2D eigenvalue weighted by Gasteiger charge is -2.06. The molecular formula is C10H10ClN3S. The van der Waals surface area contributed by atoms with E-state index in [1.54, 1.807) is 16.8 Å². The monoisotopic (exact) mass is 239 g/mol. The molecule has 0 aliphatic carbocycles. The van der Waals surface area contributed by atoms with Gasteiger partial charge in [-0.25, -0.2) is 4.68 Å². The number of nitrogen functional groups attached to an aromatic ring is 1. The summed E-state index contributed by atoms with van der Waals surface area (Å²) in [6.07, 6.45) is 0. The van der Waals surface area contributed by atoms with Gasteiger partial charge in [0, 0.05) is 11.0 Å². The minimum atomic E-state index is 0.563. The third kappa shape index (κ3) is 1.96. The number of aromatic nitrogens is 2. The molecule has 2 rings (SSSR count). The lowest BCUT2D eigenvalue weighted by molar-refractivity contribution is 0.869. The van der Waals surface area contributed by atoms with Crippen molar-refractivity contribution in [2.75, 3.05) is 5.73 Å². The average Bonchev–Trinajstić information content (AvgIpc) is 2.50. The van der Waals surface area contributed by atoms with Gasteiger partial charge in [0.15, 0.2) is 0 Å². The molecule has 1 aromatic carbocycles. The molecule has 0 spiro atoms. The number of nitrogens with two attached hydrogens (primary N) is 1. The molecular weight excluding hydrogens is 230 g/mol. The maximum atomic E-state index is 6.06. The first-order valence-electron chi connectivity index (χ1n) is 4.39. The molecule has 0 aliphatic heterocycles. The van der Waals surface area contributed by atoms with Crippen molar-refractivity contribution in [1.29, 1.82) is 0 Å². The predicted octanol–water partition coefficient (Wildman–Crippen LogP) is 2.71. The Hall–Kier alpha value is -1.13. The SMILES string of the molecule is Cc1cc(N)n(-c2cc(S)ccc2Cl)n1. The smallest absolute Gasteiger partial charge is 0.127 e. The molecule has 0 unspecified atom stereocenters.